The van der Waals surface area contributed by atoms with Crippen LogP contribution in [0.1, 0.15) is 18.5 Å². The van der Waals surface area contributed by atoms with E-state index in [-0.39, 0.29) is 0 Å². The van der Waals surface area contributed by atoms with Crippen LogP contribution in [0.25, 0.3) is 0 Å². The molecule has 1 aromatic heterocycles. The summed E-state index contributed by atoms with van der Waals surface area (Å²) in [5.41, 5.74) is 1.24. The van der Waals surface area contributed by atoms with Crippen LogP contribution in [0.5, 0.6) is 5.75 Å². The second kappa shape index (κ2) is 6.77. The van der Waals surface area contributed by atoms with Crippen molar-refractivity contribution in [3.05, 3.63) is 60.4 Å². The molecule has 0 fully saturated rings. The van der Waals surface area contributed by atoms with E-state index in [1.54, 1.807) is 0 Å². The van der Waals surface area contributed by atoms with Gasteiger partial charge in [0.25, 0.3) is 0 Å². The van der Waals surface area contributed by atoms with Crippen molar-refractivity contribution in [1.82, 2.24) is 10.3 Å². The lowest BCUT2D eigenvalue weighted by atomic mass is 10.1. The standard InChI is InChI=1S/C15H18N2O/c1-13(14-7-9-16-10-8-14)17-11-12-18-15-5-3-2-4-6-15/h2-10,13,17H,11-12H2,1H3/t13-/m1/s1. The van der Waals surface area contributed by atoms with Crippen molar-refractivity contribution in [2.75, 3.05) is 13.2 Å². The van der Waals surface area contributed by atoms with Gasteiger partial charge in [0.1, 0.15) is 12.4 Å². The van der Waals surface area contributed by atoms with E-state index >= 15 is 0 Å². The minimum absolute atomic E-state index is 0.312. The average molecular weight is 242 g/mol. The molecule has 2 rings (SSSR count). The summed E-state index contributed by atoms with van der Waals surface area (Å²) >= 11 is 0. The fourth-order valence-electron chi connectivity index (χ4n) is 1.73. The molecule has 0 aliphatic heterocycles. The van der Waals surface area contributed by atoms with Crippen LogP contribution >= 0.6 is 0 Å². The maximum atomic E-state index is 5.62. The van der Waals surface area contributed by atoms with Gasteiger partial charge in [-0.3, -0.25) is 4.98 Å². The topological polar surface area (TPSA) is 34.1 Å². The lowest BCUT2D eigenvalue weighted by molar-refractivity contribution is 0.307. The van der Waals surface area contributed by atoms with E-state index in [4.69, 9.17) is 4.74 Å². The fourth-order valence-corrected chi connectivity index (χ4v) is 1.73. The van der Waals surface area contributed by atoms with E-state index in [9.17, 15) is 0 Å². The van der Waals surface area contributed by atoms with Crippen LogP contribution in [-0.2, 0) is 0 Å². The number of aromatic nitrogens is 1. The molecule has 94 valence electrons. The van der Waals surface area contributed by atoms with Crippen LogP contribution in [0, 0.1) is 0 Å². The smallest absolute Gasteiger partial charge is 0.119 e. The van der Waals surface area contributed by atoms with Gasteiger partial charge in [-0.05, 0) is 36.8 Å². The molecule has 0 saturated heterocycles. The molecular weight excluding hydrogens is 224 g/mol. The third kappa shape index (κ3) is 3.86. The highest BCUT2D eigenvalue weighted by atomic mass is 16.5. The SMILES string of the molecule is C[C@@H](NCCOc1ccccc1)c1ccncc1. The van der Waals surface area contributed by atoms with Gasteiger partial charge in [0.2, 0.25) is 0 Å². The summed E-state index contributed by atoms with van der Waals surface area (Å²) in [6.07, 6.45) is 3.63. The monoisotopic (exact) mass is 242 g/mol. The predicted octanol–water partition coefficient (Wildman–Crippen LogP) is 2.81. The molecule has 0 amide bonds. The molecule has 1 aromatic carbocycles. The van der Waals surface area contributed by atoms with E-state index in [0.29, 0.717) is 12.6 Å². The molecule has 3 nitrogen and oxygen atoms in total. The molecule has 0 aliphatic carbocycles. The zero-order valence-corrected chi connectivity index (χ0v) is 10.5. The molecule has 0 saturated carbocycles. The van der Waals surface area contributed by atoms with Crippen LogP contribution in [0.3, 0.4) is 0 Å². The van der Waals surface area contributed by atoms with Gasteiger partial charge in [0.05, 0.1) is 0 Å². The van der Waals surface area contributed by atoms with Crippen LogP contribution < -0.4 is 10.1 Å². The molecule has 1 N–H and O–H groups in total. The van der Waals surface area contributed by atoms with Crippen LogP contribution in [0.2, 0.25) is 0 Å². The van der Waals surface area contributed by atoms with E-state index in [1.165, 1.54) is 5.56 Å². The zero-order chi connectivity index (χ0) is 12.6. The summed E-state index contributed by atoms with van der Waals surface area (Å²) in [7, 11) is 0. The lowest BCUT2D eigenvalue weighted by Crippen LogP contribution is -2.24. The van der Waals surface area contributed by atoms with Gasteiger partial charge in [-0.25, -0.2) is 0 Å². The summed E-state index contributed by atoms with van der Waals surface area (Å²) in [6.45, 7) is 3.62. The highest BCUT2D eigenvalue weighted by Gasteiger charge is 2.03. The Hall–Kier alpha value is -1.87. The van der Waals surface area contributed by atoms with Crippen LogP contribution in [0.15, 0.2) is 54.9 Å². The van der Waals surface area contributed by atoms with Gasteiger partial charge in [0, 0.05) is 25.0 Å². The highest BCUT2D eigenvalue weighted by molar-refractivity contribution is 5.20. The first-order valence-electron chi connectivity index (χ1n) is 6.17. The highest BCUT2D eigenvalue weighted by Crippen LogP contribution is 2.10. The molecule has 0 bridgehead atoms. The molecule has 0 spiro atoms. The minimum Gasteiger partial charge on any atom is -0.492 e. The molecule has 3 heteroatoms. The Balaban J connectivity index is 1.70. The first-order chi connectivity index (χ1) is 8.86. The lowest BCUT2D eigenvalue weighted by Gasteiger charge is -2.14. The van der Waals surface area contributed by atoms with Gasteiger partial charge in [-0.15, -0.1) is 0 Å². The van der Waals surface area contributed by atoms with Gasteiger partial charge < -0.3 is 10.1 Å². The molecule has 0 radical (unpaired) electrons. The molecule has 1 heterocycles. The third-order valence-corrected chi connectivity index (χ3v) is 2.77. The normalized spacial score (nSPS) is 12.1. The Morgan fingerprint density at radius 3 is 2.56 bits per heavy atom. The molecule has 18 heavy (non-hydrogen) atoms. The average Bonchev–Trinajstić information content (AvgIpc) is 2.45. The van der Waals surface area contributed by atoms with Gasteiger partial charge in [0.15, 0.2) is 0 Å². The second-order valence-electron chi connectivity index (χ2n) is 4.12. The van der Waals surface area contributed by atoms with Crippen molar-refractivity contribution in [1.29, 1.82) is 0 Å². The minimum atomic E-state index is 0.312. The Morgan fingerprint density at radius 2 is 1.83 bits per heavy atom. The first kappa shape index (κ1) is 12.6. The first-order valence-corrected chi connectivity index (χ1v) is 6.17. The maximum absolute atomic E-state index is 5.62. The molecule has 1 atom stereocenters. The van der Waals surface area contributed by atoms with Crippen molar-refractivity contribution in [3.8, 4) is 5.75 Å². The van der Waals surface area contributed by atoms with Crippen molar-refractivity contribution in [2.45, 2.75) is 13.0 Å². The number of nitrogens with one attached hydrogen (secondary N) is 1. The molecule has 0 unspecified atom stereocenters. The predicted molar refractivity (Wildman–Crippen MR) is 72.6 cm³/mol. The van der Waals surface area contributed by atoms with Crippen molar-refractivity contribution >= 4 is 0 Å². The molecular formula is C15H18N2O. The van der Waals surface area contributed by atoms with Crippen molar-refractivity contribution in [3.63, 3.8) is 0 Å². The van der Waals surface area contributed by atoms with E-state index in [2.05, 4.69) is 17.2 Å². The van der Waals surface area contributed by atoms with Gasteiger partial charge in [-0.1, -0.05) is 18.2 Å². The largest absolute Gasteiger partial charge is 0.492 e. The summed E-state index contributed by atoms with van der Waals surface area (Å²) < 4.78 is 5.62. The van der Waals surface area contributed by atoms with Crippen molar-refractivity contribution in [2.24, 2.45) is 0 Å². The number of hydrogen-bond donors (Lipinski definition) is 1. The summed E-state index contributed by atoms with van der Waals surface area (Å²) in [6, 6.07) is 14.2. The number of hydrogen-bond acceptors (Lipinski definition) is 3. The number of ether oxygens (including phenoxy) is 1. The van der Waals surface area contributed by atoms with Crippen LogP contribution in [0.4, 0.5) is 0 Å². The number of nitrogens with zero attached hydrogens (tertiary/aromatic N) is 1. The number of benzene rings is 1. The molecule has 0 aliphatic rings. The Labute approximate surface area is 108 Å². The Morgan fingerprint density at radius 1 is 1.11 bits per heavy atom. The Kier molecular flexibility index (Phi) is 4.73. The van der Waals surface area contributed by atoms with Crippen LogP contribution in [-0.4, -0.2) is 18.1 Å². The van der Waals surface area contributed by atoms with E-state index in [1.807, 2.05) is 54.9 Å². The fraction of sp³-hybridized carbons (Fsp3) is 0.267. The third-order valence-electron chi connectivity index (χ3n) is 2.77. The summed E-state index contributed by atoms with van der Waals surface area (Å²) in [4.78, 5) is 4.01. The number of pyridine rings is 1. The second-order valence-corrected chi connectivity index (χ2v) is 4.12. The number of rotatable bonds is 6. The summed E-state index contributed by atoms with van der Waals surface area (Å²) in [5, 5.41) is 3.42. The zero-order valence-electron chi connectivity index (χ0n) is 10.5. The van der Waals surface area contributed by atoms with E-state index < -0.39 is 0 Å². The van der Waals surface area contributed by atoms with E-state index in [0.717, 1.165) is 12.3 Å². The maximum Gasteiger partial charge on any atom is 0.119 e. The quantitative estimate of drug-likeness (QED) is 0.791. The van der Waals surface area contributed by atoms with Crippen molar-refractivity contribution < 1.29 is 4.74 Å². The molecule has 2 aromatic rings. The summed E-state index contributed by atoms with van der Waals surface area (Å²) in [5.74, 6) is 0.913. The van der Waals surface area contributed by atoms with Gasteiger partial charge >= 0.3 is 0 Å². The van der Waals surface area contributed by atoms with Gasteiger partial charge in [-0.2, -0.15) is 0 Å². The Bertz CT molecular complexity index is 445. The number of para-hydroxylation sites is 1.